The molecule has 3 heterocycles. The second kappa shape index (κ2) is 6.17. The van der Waals surface area contributed by atoms with Gasteiger partial charge in [0.25, 0.3) is 0 Å². The Hall–Kier alpha value is -2.12. The van der Waals surface area contributed by atoms with Crippen molar-refractivity contribution in [2.24, 2.45) is 11.7 Å². The van der Waals surface area contributed by atoms with Gasteiger partial charge in [-0.05, 0) is 31.9 Å². The number of rotatable bonds is 3. The van der Waals surface area contributed by atoms with Crippen molar-refractivity contribution in [3.63, 3.8) is 0 Å². The summed E-state index contributed by atoms with van der Waals surface area (Å²) in [5, 5.41) is 6.56. The van der Waals surface area contributed by atoms with Crippen LogP contribution in [0.1, 0.15) is 25.8 Å². The third kappa shape index (κ3) is 3.02. The summed E-state index contributed by atoms with van der Waals surface area (Å²) in [6, 6.07) is 1.35. The first kappa shape index (κ1) is 15.8. The highest BCUT2D eigenvalue weighted by Gasteiger charge is 2.40. The molecular formula is C16H22N6O. The molecular weight excluding hydrogens is 292 g/mol. The Balaban J connectivity index is 2.12. The van der Waals surface area contributed by atoms with E-state index in [0.29, 0.717) is 18.1 Å². The molecule has 0 aliphatic carbocycles. The fourth-order valence-electron chi connectivity index (χ4n) is 3.25. The van der Waals surface area contributed by atoms with Gasteiger partial charge in [0.2, 0.25) is 5.91 Å². The Morgan fingerprint density at radius 2 is 2.13 bits per heavy atom. The van der Waals surface area contributed by atoms with Crippen LogP contribution in [0, 0.1) is 5.92 Å². The molecule has 122 valence electrons. The van der Waals surface area contributed by atoms with E-state index >= 15 is 0 Å². The van der Waals surface area contributed by atoms with Gasteiger partial charge in [-0.25, -0.2) is 9.97 Å². The van der Waals surface area contributed by atoms with Gasteiger partial charge in [-0.15, -0.1) is 0 Å². The lowest BCUT2D eigenvalue weighted by molar-refractivity contribution is -0.124. The zero-order chi connectivity index (χ0) is 16.4. The summed E-state index contributed by atoms with van der Waals surface area (Å²) in [6.45, 7) is 5.40. The van der Waals surface area contributed by atoms with Gasteiger partial charge in [-0.3, -0.25) is 9.78 Å². The summed E-state index contributed by atoms with van der Waals surface area (Å²) in [7, 11) is 0. The zero-order valence-corrected chi connectivity index (χ0v) is 13.4. The van der Waals surface area contributed by atoms with Crippen molar-refractivity contribution in [3.8, 4) is 0 Å². The second-order valence-electron chi connectivity index (χ2n) is 6.39. The first-order chi connectivity index (χ1) is 11.0. The molecule has 2 aromatic heterocycles. The van der Waals surface area contributed by atoms with Crippen LogP contribution < -0.4 is 16.4 Å². The quantitative estimate of drug-likeness (QED) is 0.753. The normalized spacial score (nSPS) is 26.0. The molecule has 0 bridgehead atoms. The van der Waals surface area contributed by atoms with Crippen LogP contribution in [0.4, 0.5) is 0 Å². The van der Waals surface area contributed by atoms with E-state index in [1.54, 1.807) is 25.5 Å². The first-order valence-electron chi connectivity index (χ1n) is 7.86. The monoisotopic (exact) mass is 314 g/mol. The molecule has 3 atom stereocenters. The molecule has 1 saturated heterocycles. The minimum Gasteiger partial charge on any atom is -0.344 e. The summed E-state index contributed by atoms with van der Waals surface area (Å²) < 4.78 is 0. The van der Waals surface area contributed by atoms with E-state index < -0.39 is 11.6 Å². The Kier molecular flexibility index (Phi) is 4.23. The van der Waals surface area contributed by atoms with E-state index in [2.05, 4.69) is 32.5 Å². The number of fused-ring (bicyclic) bond motifs is 1. The summed E-state index contributed by atoms with van der Waals surface area (Å²) in [6.07, 6.45) is 5.79. The second-order valence-corrected chi connectivity index (χ2v) is 6.39. The summed E-state index contributed by atoms with van der Waals surface area (Å²) in [5.74, 6) is 0.242. The van der Waals surface area contributed by atoms with Crippen LogP contribution in [-0.4, -0.2) is 40.0 Å². The number of nitrogens with zero attached hydrogens (tertiary/aromatic N) is 3. The van der Waals surface area contributed by atoms with Crippen LogP contribution >= 0.6 is 0 Å². The standard InChI is InChI=1S/C16H22N6O/c1-10-7-16(9-18-8-10,22-15(23)11(2)17)12-3-4-20-14-13(12)19-5-6-21-14/h3-6,10-11,18H,7-9,17H2,1-2H3,(H,22,23)/t10-,11+,16-/m0/s1. The smallest absolute Gasteiger partial charge is 0.237 e. The Morgan fingerprint density at radius 3 is 2.87 bits per heavy atom. The molecule has 1 fully saturated rings. The van der Waals surface area contributed by atoms with Crippen molar-refractivity contribution >= 4 is 17.1 Å². The molecule has 2 aromatic rings. The predicted molar refractivity (Wildman–Crippen MR) is 87.5 cm³/mol. The molecule has 0 spiro atoms. The molecule has 1 aliphatic rings. The third-order valence-corrected chi connectivity index (χ3v) is 4.28. The van der Waals surface area contributed by atoms with Crippen molar-refractivity contribution < 1.29 is 4.79 Å². The average molecular weight is 314 g/mol. The predicted octanol–water partition coefficient (Wildman–Crippen LogP) is 0.313. The summed E-state index contributed by atoms with van der Waals surface area (Å²) in [5.41, 5.74) is 7.44. The Bertz CT molecular complexity index is 713. The maximum absolute atomic E-state index is 12.3. The number of piperidine rings is 1. The number of aromatic nitrogens is 3. The SMILES string of the molecule is C[C@@H]1CNC[C@](NC(=O)[C@@H](C)N)(c2ccnc3nccnc23)C1. The molecule has 0 saturated carbocycles. The fourth-order valence-corrected chi connectivity index (χ4v) is 3.25. The van der Waals surface area contributed by atoms with E-state index in [0.717, 1.165) is 24.0 Å². The Labute approximate surface area is 135 Å². The van der Waals surface area contributed by atoms with Gasteiger partial charge in [-0.1, -0.05) is 6.92 Å². The van der Waals surface area contributed by atoms with Crippen molar-refractivity contribution in [1.29, 1.82) is 0 Å². The van der Waals surface area contributed by atoms with Gasteiger partial charge in [0.1, 0.15) is 5.52 Å². The van der Waals surface area contributed by atoms with Crippen molar-refractivity contribution in [2.45, 2.75) is 31.8 Å². The summed E-state index contributed by atoms with van der Waals surface area (Å²) >= 11 is 0. The van der Waals surface area contributed by atoms with Gasteiger partial charge in [-0.2, -0.15) is 0 Å². The van der Waals surface area contributed by atoms with Gasteiger partial charge >= 0.3 is 0 Å². The van der Waals surface area contributed by atoms with Crippen LogP contribution in [0.25, 0.3) is 11.2 Å². The average Bonchev–Trinajstić information content (AvgIpc) is 2.54. The molecule has 1 amide bonds. The zero-order valence-electron chi connectivity index (χ0n) is 13.4. The van der Waals surface area contributed by atoms with E-state index in [9.17, 15) is 4.79 Å². The lowest BCUT2D eigenvalue weighted by Crippen LogP contribution is -2.59. The highest BCUT2D eigenvalue weighted by molar-refractivity contribution is 5.83. The van der Waals surface area contributed by atoms with E-state index in [1.165, 1.54) is 0 Å². The number of carbonyl (C=O) groups is 1. The molecule has 7 nitrogen and oxygen atoms in total. The Morgan fingerprint density at radius 1 is 1.39 bits per heavy atom. The maximum Gasteiger partial charge on any atom is 0.237 e. The number of hydrogen-bond donors (Lipinski definition) is 3. The number of nitrogens with one attached hydrogen (secondary N) is 2. The van der Waals surface area contributed by atoms with Crippen LogP contribution in [0.2, 0.25) is 0 Å². The van der Waals surface area contributed by atoms with E-state index in [-0.39, 0.29) is 5.91 Å². The highest BCUT2D eigenvalue weighted by Crippen LogP contribution is 2.34. The topological polar surface area (TPSA) is 106 Å². The molecule has 4 N–H and O–H groups in total. The minimum atomic E-state index is -0.566. The van der Waals surface area contributed by atoms with E-state index in [1.807, 2.05) is 6.07 Å². The van der Waals surface area contributed by atoms with Gasteiger partial charge < -0.3 is 16.4 Å². The first-order valence-corrected chi connectivity index (χ1v) is 7.86. The highest BCUT2D eigenvalue weighted by atomic mass is 16.2. The molecule has 0 unspecified atom stereocenters. The van der Waals surface area contributed by atoms with Crippen LogP contribution in [-0.2, 0) is 10.3 Å². The van der Waals surface area contributed by atoms with Crippen molar-refractivity contribution in [1.82, 2.24) is 25.6 Å². The maximum atomic E-state index is 12.3. The molecule has 3 rings (SSSR count). The lowest BCUT2D eigenvalue weighted by Gasteiger charge is -2.42. The van der Waals surface area contributed by atoms with Crippen molar-refractivity contribution in [3.05, 3.63) is 30.2 Å². The number of nitrogens with two attached hydrogens (primary N) is 1. The molecule has 0 radical (unpaired) electrons. The van der Waals surface area contributed by atoms with Gasteiger partial charge in [0.05, 0.1) is 11.6 Å². The third-order valence-electron chi connectivity index (χ3n) is 4.28. The number of hydrogen-bond acceptors (Lipinski definition) is 6. The van der Waals surface area contributed by atoms with Crippen molar-refractivity contribution in [2.75, 3.05) is 13.1 Å². The number of amides is 1. The number of pyridine rings is 1. The lowest BCUT2D eigenvalue weighted by atomic mass is 9.78. The molecule has 1 aliphatic heterocycles. The fraction of sp³-hybridized carbons (Fsp3) is 0.500. The molecule has 23 heavy (non-hydrogen) atoms. The molecule has 7 heteroatoms. The minimum absolute atomic E-state index is 0.172. The molecule has 0 aromatic carbocycles. The van der Waals surface area contributed by atoms with Crippen LogP contribution in [0.15, 0.2) is 24.7 Å². The van der Waals surface area contributed by atoms with E-state index in [4.69, 9.17) is 5.73 Å². The largest absolute Gasteiger partial charge is 0.344 e. The van der Waals surface area contributed by atoms with Gasteiger partial charge in [0.15, 0.2) is 5.65 Å². The van der Waals surface area contributed by atoms with Gasteiger partial charge in [0, 0.05) is 30.7 Å². The van der Waals surface area contributed by atoms with Crippen LogP contribution in [0.5, 0.6) is 0 Å². The summed E-state index contributed by atoms with van der Waals surface area (Å²) in [4.78, 5) is 25.3. The van der Waals surface area contributed by atoms with Crippen LogP contribution in [0.3, 0.4) is 0 Å². The number of carbonyl (C=O) groups excluding carboxylic acids is 1.